The van der Waals surface area contributed by atoms with Crippen LogP contribution in [0.1, 0.15) is 30.0 Å². The Labute approximate surface area is 185 Å². The summed E-state index contributed by atoms with van der Waals surface area (Å²) in [6.07, 6.45) is 4.98. The average molecular weight is 443 g/mol. The van der Waals surface area contributed by atoms with Crippen molar-refractivity contribution in [2.24, 2.45) is 5.73 Å². The van der Waals surface area contributed by atoms with Crippen molar-refractivity contribution >= 4 is 17.5 Å². The molecule has 0 radical (unpaired) electrons. The number of ether oxygens (including phenoxy) is 3. The highest BCUT2D eigenvalue weighted by Gasteiger charge is 2.12. The van der Waals surface area contributed by atoms with Crippen LogP contribution < -0.4 is 15.2 Å². The van der Waals surface area contributed by atoms with Gasteiger partial charge in [-0.15, -0.1) is 0 Å². The number of halogens is 1. The molecule has 2 N–H and O–H groups in total. The number of hydrogen-bond donors (Lipinski definition) is 1. The van der Waals surface area contributed by atoms with E-state index in [1.807, 2.05) is 26.0 Å². The molecule has 0 spiro atoms. The van der Waals surface area contributed by atoms with Crippen LogP contribution in [0.25, 0.3) is 11.1 Å². The molecule has 162 valence electrons. The van der Waals surface area contributed by atoms with Crippen LogP contribution in [0.4, 0.5) is 0 Å². The van der Waals surface area contributed by atoms with Crippen LogP contribution in [0.2, 0.25) is 5.02 Å². The fourth-order valence-electron chi connectivity index (χ4n) is 2.66. The van der Waals surface area contributed by atoms with Crippen molar-refractivity contribution in [3.8, 4) is 22.8 Å². The Balaban J connectivity index is 1.61. The van der Waals surface area contributed by atoms with Gasteiger partial charge in [0.25, 0.3) is 5.91 Å². The van der Waals surface area contributed by atoms with Gasteiger partial charge in [-0.2, -0.15) is 0 Å². The van der Waals surface area contributed by atoms with Crippen molar-refractivity contribution in [1.29, 1.82) is 0 Å². The zero-order chi connectivity index (χ0) is 22.2. The van der Waals surface area contributed by atoms with Crippen LogP contribution in [0.15, 0.2) is 48.9 Å². The molecule has 0 unspecified atom stereocenters. The zero-order valence-corrected chi connectivity index (χ0v) is 18.0. The highest BCUT2D eigenvalue weighted by Crippen LogP contribution is 2.30. The lowest BCUT2D eigenvalue weighted by molar-refractivity contribution is 0.0553. The van der Waals surface area contributed by atoms with Crippen LogP contribution in [0.3, 0.4) is 0 Å². The van der Waals surface area contributed by atoms with Crippen molar-refractivity contribution in [3.05, 3.63) is 65.3 Å². The maximum absolute atomic E-state index is 11.4. The number of aromatic nitrogens is 3. The normalized spacial score (nSPS) is 10.8. The van der Waals surface area contributed by atoms with Gasteiger partial charge in [0.1, 0.15) is 24.5 Å². The number of primary amides is 1. The fourth-order valence-corrected chi connectivity index (χ4v) is 2.94. The van der Waals surface area contributed by atoms with E-state index >= 15 is 0 Å². The molecule has 9 heteroatoms. The van der Waals surface area contributed by atoms with E-state index in [2.05, 4.69) is 15.0 Å². The summed E-state index contributed by atoms with van der Waals surface area (Å²) >= 11 is 6.41. The topological polar surface area (TPSA) is 109 Å². The Morgan fingerprint density at radius 1 is 1.10 bits per heavy atom. The predicted octanol–water partition coefficient (Wildman–Crippen LogP) is 3.67. The van der Waals surface area contributed by atoms with Crippen molar-refractivity contribution in [1.82, 2.24) is 15.0 Å². The summed E-state index contributed by atoms with van der Waals surface area (Å²) in [6, 6.07) is 8.58. The minimum atomic E-state index is -0.617. The predicted molar refractivity (Wildman–Crippen MR) is 116 cm³/mol. The summed E-state index contributed by atoms with van der Waals surface area (Å²) in [4.78, 5) is 24.1. The molecule has 8 nitrogen and oxygen atoms in total. The molecule has 0 aliphatic rings. The monoisotopic (exact) mass is 442 g/mol. The van der Waals surface area contributed by atoms with E-state index < -0.39 is 5.91 Å². The van der Waals surface area contributed by atoms with Crippen LogP contribution in [0, 0.1) is 0 Å². The molecule has 2 heterocycles. The van der Waals surface area contributed by atoms with E-state index in [0.29, 0.717) is 29.8 Å². The lowest BCUT2D eigenvalue weighted by atomic mass is 10.1. The van der Waals surface area contributed by atoms with Gasteiger partial charge in [-0.05, 0) is 44.2 Å². The van der Waals surface area contributed by atoms with Gasteiger partial charge in [-0.25, -0.2) is 15.0 Å². The third-order valence-corrected chi connectivity index (χ3v) is 4.45. The maximum Gasteiger partial charge on any atom is 0.254 e. The molecular weight excluding hydrogens is 420 g/mol. The summed E-state index contributed by atoms with van der Waals surface area (Å²) in [5.41, 5.74) is 7.05. The summed E-state index contributed by atoms with van der Waals surface area (Å²) in [5.74, 6) is 0.604. The average Bonchev–Trinajstić information content (AvgIpc) is 2.76. The quantitative estimate of drug-likeness (QED) is 0.477. The molecule has 0 aliphatic carbocycles. The molecular formula is C22H23ClN4O4. The first-order valence-electron chi connectivity index (χ1n) is 9.67. The Kier molecular flexibility index (Phi) is 7.75. The fraction of sp³-hybridized carbons (Fsp3) is 0.273. The smallest absolute Gasteiger partial charge is 0.254 e. The van der Waals surface area contributed by atoms with Crippen molar-refractivity contribution in [2.75, 3.05) is 13.2 Å². The van der Waals surface area contributed by atoms with Crippen molar-refractivity contribution in [2.45, 2.75) is 26.6 Å². The van der Waals surface area contributed by atoms with E-state index in [0.717, 1.165) is 11.1 Å². The standard InChI is InChI=1S/C22H23ClN4O4/c1-14(2)29-8-9-30-16-5-6-17(19(23)10-16)15-11-26-20(27-12-15)13-31-22-18(21(24)28)4-3-7-25-22/h3-7,10-12,14H,8-9,13H2,1-2H3,(H2,24,28). The van der Waals surface area contributed by atoms with Crippen LogP contribution in [-0.2, 0) is 11.3 Å². The first kappa shape index (κ1) is 22.5. The molecule has 0 atom stereocenters. The van der Waals surface area contributed by atoms with Gasteiger partial charge in [0.05, 0.1) is 17.7 Å². The lowest BCUT2D eigenvalue weighted by Crippen LogP contribution is -2.14. The number of hydrogen-bond acceptors (Lipinski definition) is 7. The molecule has 3 aromatic rings. The Bertz CT molecular complexity index is 1030. The van der Waals surface area contributed by atoms with Crippen LogP contribution in [0.5, 0.6) is 11.6 Å². The Morgan fingerprint density at radius 2 is 1.87 bits per heavy atom. The van der Waals surface area contributed by atoms with Gasteiger partial charge in [0.2, 0.25) is 5.88 Å². The van der Waals surface area contributed by atoms with E-state index in [-0.39, 0.29) is 24.2 Å². The highest BCUT2D eigenvalue weighted by atomic mass is 35.5. The molecule has 0 bridgehead atoms. The molecule has 1 amide bonds. The number of amides is 1. The second-order valence-electron chi connectivity index (χ2n) is 6.81. The van der Waals surface area contributed by atoms with Gasteiger partial charge >= 0.3 is 0 Å². The molecule has 1 aromatic carbocycles. The molecule has 0 saturated heterocycles. The van der Waals surface area contributed by atoms with Crippen LogP contribution in [-0.4, -0.2) is 40.2 Å². The number of carbonyl (C=O) groups is 1. The van der Waals surface area contributed by atoms with Gasteiger partial charge in [0.15, 0.2) is 5.82 Å². The molecule has 2 aromatic heterocycles. The summed E-state index contributed by atoms with van der Waals surface area (Å²) in [6.45, 7) is 4.94. The Hall–Kier alpha value is -3.23. The Morgan fingerprint density at radius 3 is 2.55 bits per heavy atom. The van der Waals surface area contributed by atoms with Crippen LogP contribution >= 0.6 is 11.6 Å². The number of pyridine rings is 1. The molecule has 0 aliphatic heterocycles. The van der Waals surface area contributed by atoms with E-state index in [9.17, 15) is 4.79 Å². The highest BCUT2D eigenvalue weighted by molar-refractivity contribution is 6.33. The summed E-state index contributed by atoms with van der Waals surface area (Å²) in [7, 11) is 0. The number of benzene rings is 1. The zero-order valence-electron chi connectivity index (χ0n) is 17.2. The van der Waals surface area contributed by atoms with E-state index in [4.69, 9.17) is 31.5 Å². The first-order valence-corrected chi connectivity index (χ1v) is 10.0. The summed E-state index contributed by atoms with van der Waals surface area (Å²) in [5, 5.41) is 0.523. The second-order valence-corrected chi connectivity index (χ2v) is 7.21. The van der Waals surface area contributed by atoms with Crippen molar-refractivity contribution < 1.29 is 19.0 Å². The largest absolute Gasteiger partial charge is 0.491 e. The summed E-state index contributed by atoms with van der Waals surface area (Å²) < 4.78 is 16.6. The number of rotatable bonds is 10. The minimum absolute atomic E-state index is 0.0382. The van der Waals surface area contributed by atoms with Gasteiger partial charge < -0.3 is 19.9 Å². The molecule has 31 heavy (non-hydrogen) atoms. The maximum atomic E-state index is 11.4. The molecule has 3 rings (SSSR count). The third kappa shape index (κ3) is 6.37. The van der Waals surface area contributed by atoms with Gasteiger partial charge in [0, 0.05) is 29.7 Å². The van der Waals surface area contributed by atoms with E-state index in [1.165, 1.54) is 6.20 Å². The number of carbonyl (C=O) groups excluding carboxylic acids is 1. The SMILES string of the molecule is CC(C)OCCOc1ccc(-c2cnc(COc3ncccc3C(N)=O)nc2)c(Cl)c1. The minimum Gasteiger partial charge on any atom is -0.491 e. The molecule has 0 saturated carbocycles. The van der Waals surface area contributed by atoms with Crippen molar-refractivity contribution in [3.63, 3.8) is 0 Å². The lowest BCUT2D eigenvalue weighted by Gasteiger charge is -2.11. The van der Waals surface area contributed by atoms with Gasteiger partial charge in [-0.1, -0.05) is 11.6 Å². The number of nitrogens with zero attached hydrogens (tertiary/aromatic N) is 3. The van der Waals surface area contributed by atoms with Gasteiger partial charge in [-0.3, -0.25) is 4.79 Å². The number of nitrogens with two attached hydrogens (primary N) is 1. The second kappa shape index (κ2) is 10.7. The first-order chi connectivity index (χ1) is 14.9. The third-order valence-electron chi connectivity index (χ3n) is 4.13. The van der Waals surface area contributed by atoms with E-state index in [1.54, 1.807) is 30.6 Å². The molecule has 0 fully saturated rings.